The Morgan fingerprint density at radius 3 is 2.49 bits per heavy atom. The van der Waals surface area contributed by atoms with Crippen LogP contribution < -0.4 is 10.6 Å². The normalized spacial score (nSPS) is 30.1. The highest BCUT2D eigenvalue weighted by molar-refractivity contribution is 6.15. The van der Waals surface area contributed by atoms with Crippen LogP contribution in [0.3, 0.4) is 0 Å². The number of aromatic hydroxyl groups is 2. The van der Waals surface area contributed by atoms with Gasteiger partial charge in [-0.15, -0.1) is 0 Å². The molecule has 0 bridgehead atoms. The fourth-order valence-electron chi connectivity index (χ4n) is 6.62. The van der Waals surface area contributed by atoms with Crippen molar-refractivity contribution in [1.82, 2.24) is 10.2 Å². The Kier molecular flexibility index (Phi) is 4.90. The van der Waals surface area contributed by atoms with E-state index in [1.807, 2.05) is 0 Å². The number of likely N-dealkylation sites (tertiary alicyclic amines) is 1. The minimum Gasteiger partial charge on any atom is -0.504 e. The lowest BCUT2D eigenvalue weighted by Crippen LogP contribution is -2.54. The third kappa shape index (κ3) is 3.10. The molecule has 2 aromatic rings. The van der Waals surface area contributed by atoms with E-state index in [1.54, 1.807) is 6.07 Å². The van der Waals surface area contributed by atoms with E-state index in [9.17, 15) is 29.0 Å². The molecule has 1 aliphatic carbocycles. The molecule has 4 N–H and O–H groups in total. The first-order valence-electron chi connectivity index (χ1n) is 12.1. The zero-order valence-corrected chi connectivity index (χ0v) is 19.0. The van der Waals surface area contributed by atoms with Gasteiger partial charge < -0.3 is 15.5 Å². The van der Waals surface area contributed by atoms with Gasteiger partial charge in [-0.3, -0.25) is 24.6 Å². The minimum atomic E-state index is -1.57. The second-order valence-electron chi connectivity index (χ2n) is 10.1. The molecule has 2 aromatic carbocycles. The number of halogens is 1. The van der Waals surface area contributed by atoms with Crippen molar-refractivity contribution in [1.29, 1.82) is 0 Å². The number of carbonyl (C=O) groups is 3. The molecular weight excluding hydrogens is 453 g/mol. The van der Waals surface area contributed by atoms with Crippen molar-refractivity contribution in [2.45, 2.75) is 56.1 Å². The van der Waals surface area contributed by atoms with Gasteiger partial charge in [0.25, 0.3) is 0 Å². The lowest BCUT2D eigenvalue weighted by Gasteiger charge is -2.34. The highest BCUT2D eigenvalue weighted by Crippen LogP contribution is 2.54. The predicted octanol–water partition coefficient (Wildman–Crippen LogP) is 2.53. The van der Waals surface area contributed by atoms with Crippen LogP contribution in [0.2, 0.25) is 0 Å². The van der Waals surface area contributed by atoms with Crippen molar-refractivity contribution >= 4 is 23.4 Å². The van der Waals surface area contributed by atoms with E-state index in [0.717, 1.165) is 32.1 Å². The molecule has 0 radical (unpaired) electrons. The summed E-state index contributed by atoms with van der Waals surface area (Å²) in [5.74, 6) is -4.09. The molecule has 4 atom stereocenters. The molecule has 3 amide bonds. The van der Waals surface area contributed by atoms with Crippen LogP contribution in [0.15, 0.2) is 36.4 Å². The summed E-state index contributed by atoms with van der Waals surface area (Å²) < 4.78 is 14.4. The average molecular weight is 480 g/mol. The van der Waals surface area contributed by atoms with Gasteiger partial charge in [0.2, 0.25) is 17.7 Å². The molecule has 4 aliphatic rings. The van der Waals surface area contributed by atoms with Gasteiger partial charge in [0, 0.05) is 23.3 Å². The van der Waals surface area contributed by atoms with Crippen molar-refractivity contribution in [3.05, 3.63) is 53.3 Å². The first kappa shape index (κ1) is 22.0. The largest absolute Gasteiger partial charge is 0.504 e. The van der Waals surface area contributed by atoms with Crippen LogP contribution >= 0.6 is 0 Å². The van der Waals surface area contributed by atoms with Crippen LogP contribution in [0.25, 0.3) is 0 Å². The lowest BCUT2D eigenvalue weighted by atomic mass is 9.76. The average Bonchev–Trinajstić information content (AvgIpc) is 3.41. The van der Waals surface area contributed by atoms with Crippen LogP contribution in [-0.2, 0) is 26.3 Å². The Labute approximate surface area is 201 Å². The van der Waals surface area contributed by atoms with Crippen molar-refractivity contribution < 1.29 is 29.0 Å². The summed E-state index contributed by atoms with van der Waals surface area (Å²) in [7, 11) is 0. The first-order valence-corrected chi connectivity index (χ1v) is 12.1. The molecular formula is C26H26FN3O5. The third-order valence-electron chi connectivity index (χ3n) is 8.15. The molecule has 9 heteroatoms. The molecule has 8 nitrogen and oxygen atoms in total. The number of hydrogen-bond acceptors (Lipinski definition) is 6. The highest BCUT2D eigenvalue weighted by atomic mass is 19.1. The van der Waals surface area contributed by atoms with E-state index in [1.165, 1.54) is 35.2 Å². The molecule has 1 spiro atoms. The summed E-state index contributed by atoms with van der Waals surface area (Å²) in [6, 6.07) is 7.55. The van der Waals surface area contributed by atoms with Crippen LogP contribution in [0.4, 0.5) is 10.1 Å². The van der Waals surface area contributed by atoms with Gasteiger partial charge in [0.05, 0.1) is 11.8 Å². The number of amides is 3. The fraction of sp³-hybridized carbons (Fsp3) is 0.423. The summed E-state index contributed by atoms with van der Waals surface area (Å²) in [6.07, 6.45) is 4.65. The Hall–Kier alpha value is -3.46. The topological polar surface area (TPSA) is 119 Å². The fourth-order valence-corrected chi connectivity index (χ4v) is 6.62. The molecule has 3 heterocycles. The number of fused-ring (bicyclic) bond motifs is 4. The van der Waals surface area contributed by atoms with Gasteiger partial charge in [-0.2, -0.15) is 0 Å². The summed E-state index contributed by atoms with van der Waals surface area (Å²) in [6.45, 7) is 0. The van der Waals surface area contributed by atoms with E-state index >= 15 is 0 Å². The van der Waals surface area contributed by atoms with Gasteiger partial charge in [-0.25, -0.2) is 4.39 Å². The summed E-state index contributed by atoms with van der Waals surface area (Å²) in [5.41, 5.74) is -0.188. The second-order valence-corrected chi connectivity index (χ2v) is 10.1. The SMILES string of the molecule is O=C1[C@@H]2[C@H](Cc3ccc(O)c(O)c3)N[C@]3(C(=O)Nc4ccc(F)cc43)[C@@H]2C(=O)N1C1CCCCC1. The quantitative estimate of drug-likeness (QED) is 0.397. The van der Waals surface area contributed by atoms with Gasteiger partial charge in [0.1, 0.15) is 11.4 Å². The zero-order valence-electron chi connectivity index (χ0n) is 19.0. The molecule has 6 rings (SSSR count). The van der Waals surface area contributed by atoms with E-state index in [-0.39, 0.29) is 35.8 Å². The second kappa shape index (κ2) is 7.78. The van der Waals surface area contributed by atoms with E-state index < -0.39 is 35.1 Å². The van der Waals surface area contributed by atoms with Gasteiger partial charge >= 0.3 is 0 Å². The molecule has 35 heavy (non-hydrogen) atoms. The summed E-state index contributed by atoms with van der Waals surface area (Å²) >= 11 is 0. The maximum atomic E-state index is 14.4. The molecule has 3 fully saturated rings. The third-order valence-corrected chi connectivity index (χ3v) is 8.15. The molecule has 182 valence electrons. The number of benzene rings is 2. The Morgan fingerprint density at radius 2 is 1.74 bits per heavy atom. The van der Waals surface area contributed by atoms with Gasteiger partial charge in [-0.05, 0) is 55.2 Å². The van der Waals surface area contributed by atoms with E-state index in [0.29, 0.717) is 16.8 Å². The van der Waals surface area contributed by atoms with Crippen molar-refractivity contribution in [3.8, 4) is 11.5 Å². The van der Waals surface area contributed by atoms with Gasteiger partial charge in [0.15, 0.2) is 11.5 Å². The number of carbonyl (C=O) groups excluding carboxylic acids is 3. The maximum Gasteiger partial charge on any atom is 0.250 e. The van der Waals surface area contributed by atoms with Crippen molar-refractivity contribution in [3.63, 3.8) is 0 Å². The number of phenolic OH excluding ortho intramolecular Hbond substituents is 2. The van der Waals surface area contributed by atoms with Crippen molar-refractivity contribution in [2.75, 3.05) is 5.32 Å². The molecule has 3 aliphatic heterocycles. The monoisotopic (exact) mass is 479 g/mol. The molecule has 1 saturated carbocycles. The van der Waals surface area contributed by atoms with E-state index in [2.05, 4.69) is 10.6 Å². The summed E-state index contributed by atoms with van der Waals surface area (Å²) in [4.78, 5) is 42.6. The predicted molar refractivity (Wildman–Crippen MR) is 123 cm³/mol. The van der Waals surface area contributed by atoms with Gasteiger partial charge in [-0.1, -0.05) is 25.3 Å². The number of hydrogen-bond donors (Lipinski definition) is 4. The van der Waals surface area contributed by atoms with Crippen LogP contribution in [0.5, 0.6) is 11.5 Å². The van der Waals surface area contributed by atoms with Crippen molar-refractivity contribution in [2.24, 2.45) is 11.8 Å². The smallest absolute Gasteiger partial charge is 0.250 e. The zero-order chi connectivity index (χ0) is 24.5. The number of phenols is 2. The maximum absolute atomic E-state index is 14.4. The number of anilines is 1. The molecule has 0 aromatic heterocycles. The van der Waals surface area contributed by atoms with Crippen LogP contribution in [-0.4, -0.2) is 44.9 Å². The lowest BCUT2D eigenvalue weighted by molar-refractivity contribution is -0.146. The number of nitrogens with zero attached hydrogens (tertiary/aromatic N) is 1. The van der Waals surface area contributed by atoms with E-state index in [4.69, 9.17) is 0 Å². The van der Waals surface area contributed by atoms with Crippen LogP contribution in [0.1, 0.15) is 43.2 Å². The van der Waals surface area contributed by atoms with Crippen LogP contribution in [0, 0.1) is 17.7 Å². The minimum absolute atomic E-state index is 0.193. The Balaban J connectivity index is 1.46. The number of imide groups is 1. The Bertz CT molecular complexity index is 1260. The summed E-state index contributed by atoms with van der Waals surface area (Å²) in [5, 5.41) is 25.7. The highest BCUT2D eigenvalue weighted by Gasteiger charge is 2.70. The molecule has 0 unspecified atom stereocenters. The number of nitrogens with one attached hydrogen (secondary N) is 2. The standard InChI is InChI=1S/C26H26FN3O5/c27-14-7-8-17-16(12-14)26(25(35)28-17)22-21(18(29-26)10-13-6-9-19(31)20(32)11-13)23(33)30(24(22)34)15-4-2-1-3-5-15/h6-9,11-12,15,18,21-22,29,31-32H,1-5,10H2,(H,28,35)/t18-,21+,22-,26-/m0/s1. The first-order chi connectivity index (χ1) is 16.8. The number of rotatable bonds is 3. The molecule has 2 saturated heterocycles. The Morgan fingerprint density at radius 1 is 0.971 bits per heavy atom.